The number of aromatic nitrogens is 7. The molecule has 0 atom stereocenters. The third-order valence-corrected chi connectivity index (χ3v) is 20.4. The van der Waals surface area contributed by atoms with E-state index in [4.69, 9.17) is 14.7 Å². The number of benzene rings is 12. The summed E-state index contributed by atoms with van der Waals surface area (Å²) in [6.07, 6.45) is 4.03. The van der Waals surface area contributed by atoms with Crippen molar-refractivity contribution in [3.63, 3.8) is 0 Å². The van der Waals surface area contributed by atoms with Crippen molar-refractivity contribution in [2.45, 2.75) is 5.41 Å². The first-order valence-electron chi connectivity index (χ1n) is 31.9. The highest BCUT2D eigenvalue weighted by Crippen LogP contribution is 2.63. The Bertz CT molecular complexity index is 6430. The lowest BCUT2D eigenvalue weighted by Gasteiger charge is -2.39. The standard InChI is InChI=1S/C85H47N9O/c86-46-50-29-36-78-64(39-50)63-21-7-14-28-77(63)91(78)53-31-34-67-81(44-53)95-82-45-54(92-79-37-30-51(47-87)40-65(79)66-41-52(33-38-80(66)92)90-71-22-8-1-15-57(71)58-16-2-9-23-72(58)90)32-35-68(82)85(67)69-42-55(93-73-24-10-3-17-59(73)60-18-4-11-25-74(60)93)48-88-83(69)84-70(85)43-56(49-89-84)94-75-26-12-5-19-61(75)62-20-6-13-27-76(62)94/h1-45,48-49H. The first kappa shape index (κ1) is 51.5. The first-order valence-corrected chi connectivity index (χ1v) is 31.9. The zero-order valence-corrected chi connectivity index (χ0v) is 50.6. The van der Waals surface area contributed by atoms with Gasteiger partial charge in [0.25, 0.3) is 0 Å². The van der Waals surface area contributed by atoms with Gasteiger partial charge in [0.2, 0.25) is 0 Å². The van der Waals surface area contributed by atoms with E-state index in [0.717, 1.165) is 160 Å². The van der Waals surface area contributed by atoms with Crippen LogP contribution >= 0.6 is 0 Å². The number of nitriles is 2. The van der Waals surface area contributed by atoms with Gasteiger partial charge in [0.15, 0.2) is 0 Å². The Hall–Kier alpha value is -13.3. The van der Waals surface area contributed by atoms with Gasteiger partial charge in [0, 0.05) is 105 Å². The fourth-order valence-corrected chi connectivity index (χ4v) is 16.6. The van der Waals surface area contributed by atoms with Crippen LogP contribution in [0, 0.1) is 22.7 Å². The summed E-state index contributed by atoms with van der Waals surface area (Å²) < 4.78 is 19.4. The molecule has 0 radical (unpaired) electrons. The van der Waals surface area contributed by atoms with Gasteiger partial charge >= 0.3 is 0 Å². The van der Waals surface area contributed by atoms with Gasteiger partial charge in [-0.05, 0) is 121 Å². The van der Waals surface area contributed by atoms with E-state index in [0.29, 0.717) is 22.6 Å². The number of para-hydroxylation sites is 7. The number of nitrogens with zero attached hydrogens (tertiary/aromatic N) is 9. The van der Waals surface area contributed by atoms with Crippen LogP contribution in [-0.2, 0) is 5.41 Å². The molecule has 0 unspecified atom stereocenters. The Morgan fingerprint density at radius 2 is 0.547 bits per heavy atom. The SMILES string of the molecule is N#Cc1ccc2c(c1)c1ccccc1n2-c1ccc2c(c1)Oc1cc(-n3c4ccc(C#N)cc4c4cc(-n5c6ccccc6c6ccccc65)ccc43)ccc1C21c2cc(-n3c4ccccc4c4ccccc43)cnc2-c2ncc(-n3c4ccccc4c4ccccc43)cc21. The molecular weight excluding hydrogens is 1160 g/mol. The summed E-state index contributed by atoms with van der Waals surface area (Å²) in [5, 5.41) is 31.7. The molecular formula is C85H47N9O. The summed E-state index contributed by atoms with van der Waals surface area (Å²) in [6.45, 7) is 0. The van der Waals surface area contributed by atoms with E-state index in [1.54, 1.807) is 0 Å². The normalized spacial score (nSPS) is 13.0. The molecule has 10 heteroatoms. The molecule has 10 nitrogen and oxygen atoms in total. The molecule has 19 aromatic rings. The van der Waals surface area contributed by atoms with Crippen LogP contribution in [0.5, 0.6) is 11.5 Å². The first-order chi connectivity index (χ1) is 47.0. The molecule has 21 rings (SSSR count). The third kappa shape index (κ3) is 6.83. The maximum Gasteiger partial charge on any atom is 0.134 e. The molecule has 12 aromatic carbocycles. The molecule has 0 fully saturated rings. The predicted octanol–water partition coefficient (Wildman–Crippen LogP) is 20.2. The number of rotatable bonds is 5. The predicted molar refractivity (Wildman–Crippen MR) is 381 cm³/mol. The number of fused-ring (bicyclic) bond motifs is 24. The largest absolute Gasteiger partial charge is 0.457 e. The van der Waals surface area contributed by atoms with E-state index in [1.807, 2.05) is 36.7 Å². The molecule has 0 saturated heterocycles. The van der Waals surface area contributed by atoms with E-state index >= 15 is 0 Å². The van der Waals surface area contributed by atoms with E-state index in [1.165, 1.54) is 10.8 Å². The van der Waals surface area contributed by atoms with E-state index < -0.39 is 5.41 Å². The maximum atomic E-state index is 10.5. The van der Waals surface area contributed by atoms with Crippen molar-refractivity contribution in [1.82, 2.24) is 32.8 Å². The Kier molecular flexibility index (Phi) is 10.2. The van der Waals surface area contributed by atoms with Gasteiger partial charge in [0.1, 0.15) is 11.5 Å². The van der Waals surface area contributed by atoms with Gasteiger partial charge in [-0.1, -0.05) is 140 Å². The summed E-state index contributed by atoms with van der Waals surface area (Å²) in [5.74, 6) is 1.34. The number of ether oxygens (including phenoxy) is 1. The van der Waals surface area contributed by atoms with Gasteiger partial charge in [-0.3, -0.25) is 9.97 Å². The minimum Gasteiger partial charge on any atom is -0.457 e. The Morgan fingerprint density at radius 1 is 0.263 bits per heavy atom. The lowest BCUT2D eigenvalue weighted by molar-refractivity contribution is 0.436. The third-order valence-electron chi connectivity index (χ3n) is 20.4. The zero-order valence-electron chi connectivity index (χ0n) is 50.6. The fourth-order valence-electron chi connectivity index (χ4n) is 16.6. The van der Waals surface area contributed by atoms with Crippen LogP contribution in [0.2, 0.25) is 0 Å². The number of hydrogen-bond acceptors (Lipinski definition) is 5. The van der Waals surface area contributed by atoms with Crippen molar-refractivity contribution >= 4 is 109 Å². The van der Waals surface area contributed by atoms with Gasteiger partial charge in [-0.25, -0.2) is 0 Å². The summed E-state index contributed by atoms with van der Waals surface area (Å²) in [6, 6.07) is 102. The minimum atomic E-state index is -1.09. The molecule has 1 aliphatic heterocycles. The van der Waals surface area contributed by atoms with Crippen molar-refractivity contribution in [3.05, 3.63) is 319 Å². The quantitative estimate of drug-likeness (QED) is 0.171. The molecule has 95 heavy (non-hydrogen) atoms. The monoisotopic (exact) mass is 1210 g/mol. The Balaban J connectivity index is 0.861. The molecule has 0 N–H and O–H groups in total. The fraction of sp³-hybridized carbons (Fsp3) is 0.0118. The molecule has 438 valence electrons. The van der Waals surface area contributed by atoms with Gasteiger partial charge in [-0.2, -0.15) is 10.5 Å². The van der Waals surface area contributed by atoms with Gasteiger partial charge in [0.05, 0.1) is 119 Å². The van der Waals surface area contributed by atoms with Crippen molar-refractivity contribution < 1.29 is 4.74 Å². The highest BCUT2D eigenvalue weighted by atomic mass is 16.5. The molecule has 1 spiro atoms. The van der Waals surface area contributed by atoms with Gasteiger partial charge < -0.3 is 27.6 Å². The van der Waals surface area contributed by atoms with Crippen molar-refractivity contribution in [2.24, 2.45) is 0 Å². The van der Waals surface area contributed by atoms with Crippen molar-refractivity contribution in [2.75, 3.05) is 0 Å². The molecule has 2 aliphatic rings. The maximum absolute atomic E-state index is 10.5. The van der Waals surface area contributed by atoms with Crippen LogP contribution in [0.1, 0.15) is 33.4 Å². The second-order valence-electron chi connectivity index (χ2n) is 25.1. The highest BCUT2D eigenvalue weighted by molar-refractivity contribution is 6.15. The molecule has 0 bridgehead atoms. The Labute approximate surface area is 541 Å². The van der Waals surface area contributed by atoms with Crippen LogP contribution in [-0.4, -0.2) is 32.8 Å². The van der Waals surface area contributed by atoms with Crippen LogP contribution < -0.4 is 4.74 Å². The molecule has 7 aromatic heterocycles. The second-order valence-corrected chi connectivity index (χ2v) is 25.1. The van der Waals surface area contributed by atoms with Crippen molar-refractivity contribution in [3.8, 4) is 63.5 Å². The zero-order chi connectivity index (χ0) is 62.4. The summed E-state index contributed by atoms with van der Waals surface area (Å²) >= 11 is 0. The minimum absolute atomic E-state index is 0.581. The van der Waals surface area contributed by atoms with E-state index in [2.05, 4.69) is 284 Å². The lowest BCUT2D eigenvalue weighted by Crippen LogP contribution is -2.32. The topological polar surface area (TPSA) is 107 Å². The highest BCUT2D eigenvalue weighted by Gasteiger charge is 2.53. The van der Waals surface area contributed by atoms with Crippen LogP contribution in [0.3, 0.4) is 0 Å². The second kappa shape index (κ2) is 18.9. The summed E-state index contributed by atoms with van der Waals surface area (Å²) in [4.78, 5) is 11.2. The lowest BCUT2D eigenvalue weighted by atomic mass is 9.66. The molecule has 8 heterocycles. The Morgan fingerprint density at radius 3 is 0.916 bits per heavy atom. The molecule has 0 saturated carbocycles. The molecule has 0 amide bonds. The number of pyridine rings is 2. The van der Waals surface area contributed by atoms with Gasteiger partial charge in [-0.15, -0.1) is 0 Å². The van der Waals surface area contributed by atoms with E-state index in [9.17, 15) is 10.5 Å². The average molecular weight is 1210 g/mol. The van der Waals surface area contributed by atoms with Crippen molar-refractivity contribution in [1.29, 1.82) is 10.5 Å². The van der Waals surface area contributed by atoms with Crippen LogP contribution in [0.15, 0.2) is 285 Å². The summed E-state index contributed by atoms with van der Waals surface area (Å²) in [5.41, 5.74) is 20.6. The number of hydrogen-bond donors (Lipinski definition) is 0. The van der Waals surface area contributed by atoms with Crippen LogP contribution in [0.25, 0.3) is 149 Å². The average Bonchev–Trinajstić information content (AvgIpc) is 1.56. The smallest absolute Gasteiger partial charge is 0.134 e. The van der Waals surface area contributed by atoms with Crippen LogP contribution in [0.4, 0.5) is 0 Å². The molecule has 1 aliphatic carbocycles. The van der Waals surface area contributed by atoms with E-state index in [-0.39, 0.29) is 0 Å². The summed E-state index contributed by atoms with van der Waals surface area (Å²) in [7, 11) is 0.